The van der Waals surface area contributed by atoms with Crippen LogP contribution < -0.4 is 5.32 Å². The molecule has 0 fully saturated rings. The molecule has 0 aliphatic rings. The Hall–Kier alpha value is -1.02. The largest absolute Gasteiger partial charge is 0.468 e. The zero-order chi connectivity index (χ0) is 10.4. The Kier molecular flexibility index (Phi) is 4.47. The summed E-state index contributed by atoms with van der Waals surface area (Å²) in [5.74, 6) is 1.00. The first-order chi connectivity index (χ1) is 6.74. The molecule has 1 atom stereocenters. The molecule has 78 valence electrons. The maximum absolute atomic E-state index is 5.39. The van der Waals surface area contributed by atoms with E-state index in [1.165, 1.54) is 5.57 Å². The molecule has 0 aliphatic heterocycles. The number of nitrogens with one attached hydrogen (secondary N) is 1. The fraction of sp³-hybridized carbons (Fsp3) is 0.500. The van der Waals surface area contributed by atoms with Crippen molar-refractivity contribution in [3.63, 3.8) is 0 Å². The van der Waals surface area contributed by atoms with Gasteiger partial charge in [-0.1, -0.05) is 12.5 Å². The Labute approximate surface area is 86.0 Å². The van der Waals surface area contributed by atoms with Gasteiger partial charge in [-0.3, -0.25) is 0 Å². The fourth-order valence-electron chi connectivity index (χ4n) is 1.43. The molecule has 0 saturated heterocycles. The number of rotatable bonds is 6. The minimum atomic E-state index is 0.280. The van der Waals surface area contributed by atoms with Crippen molar-refractivity contribution in [3.8, 4) is 0 Å². The molecule has 0 aliphatic carbocycles. The predicted molar refractivity (Wildman–Crippen MR) is 59.2 cm³/mol. The first-order valence-corrected chi connectivity index (χ1v) is 5.15. The smallest absolute Gasteiger partial charge is 0.120 e. The molecular formula is C12H19NO. The van der Waals surface area contributed by atoms with E-state index in [0.717, 1.165) is 25.1 Å². The molecule has 1 heterocycles. The van der Waals surface area contributed by atoms with Gasteiger partial charge < -0.3 is 9.73 Å². The Balaban J connectivity index is 2.57. The molecule has 1 rings (SSSR count). The van der Waals surface area contributed by atoms with Crippen LogP contribution in [0.4, 0.5) is 0 Å². The van der Waals surface area contributed by atoms with Gasteiger partial charge in [-0.2, -0.15) is 0 Å². The standard InChI is InChI=1S/C12H19NO/c1-4-7-13-11(9-10(2)3)12-6-5-8-14-12/h5-6,8,11,13H,2,4,7,9H2,1,3H3. The van der Waals surface area contributed by atoms with Crippen molar-refractivity contribution in [2.24, 2.45) is 0 Å². The molecule has 1 unspecified atom stereocenters. The van der Waals surface area contributed by atoms with Crippen molar-refractivity contribution >= 4 is 0 Å². The summed E-state index contributed by atoms with van der Waals surface area (Å²) in [4.78, 5) is 0. The van der Waals surface area contributed by atoms with Crippen LogP contribution in [-0.4, -0.2) is 6.54 Å². The highest BCUT2D eigenvalue weighted by Crippen LogP contribution is 2.20. The Bertz CT molecular complexity index is 264. The van der Waals surface area contributed by atoms with Crippen LogP contribution in [-0.2, 0) is 0 Å². The molecule has 1 aromatic heterocycles. The van der Waals surface area contributed by atoms with Crippen LogP contribution in [0.15, 0.2) is 35.0 Å². The molecule has 0 amide bonds. The number of hydrogen-bond acceptors (Lipinski definition) is 2. The van der Waals surface area contributed by atoms with Gasteiger partial charge in [0.25, 0.3) is 0 Å². The average molecular weight is 193 g/mol. The molecule has 0 spiro atoms. The van der Waals surface area contributed by atoms with Gasteiger partial charge in [-0.25, -0.2) is 0 Å². The van der Waals surface area contributed by atoms with Gasteiger partial charge in [-0.05, 0) is 38.4 Å². The minimum Gasteiger partial charge on any atom is -0.468 e. The summed E-state index contributed by atoms with van der Waals surface area (Å²) in [7, 11) is 0. The van der Waals surface area contributed by atoms with Gasteiger partial charge in [0.15, 0.2) is 0 Å². The molecule has 0 radical (unpaired) electrons. The highest BCUT2D eigenvalue weighted by atomic mass is 16.3. The van der Waals surface area contributed by atoms with Crippen LogP contribution in [0.3, 0.4) is 0 Å². The van der Waals surface area contributed by atoms with Crippen LogP contribution in [0.25, 0.3) is 0 Å². The third-order valence-corrected chi connectivity index (χ3v) is 2.08. The maximum Gasteiger partial charge on any atom is 0.120 e. The second-order valence-electron chi connectivity index (χ2n) is 3.68. The summed E-state index contributed by atoms with van der Waals surface area (Å²) in [5, 5.41) is 3.45. The van der Waals surface area contributed by atoms with Gasteiger partial charge in [0.05, 0.1) is 12.3 Å². The normalized spacial score (nSPS) is 12.7. The van der Waals surface area contributed by atoms with Gasteiger partial charge in [0.2, 0.25) is 0 Å². The van der Waals surface area contributed by atoms with Crippen molar-refractivity contribution in [1.29, 1.82) is 0 Å². The quantitative estimate of drug-likeness (QED) is 0.701. The molecule has 1 aromatic rings. The second-order valence-corrected chi connectivity index (χ2v) is 3.68. The van der Waals surface area contributed by atoms with E-state index in [1.807, 2.05) is 19.1 Å². The molecule has 2 nitrogen and oxygen atoms in total. The van der Waals surface area contributed by atoms with Crippen LogP contribution in [0.5, 0.6) is 0 Å². The third-order valence-electron chi connectivity index (χ3n) is 2.08. The second kappa shape index (κ2) is 5.66. The summed E-state index contributed by atoms with van der Waals surface area (Å²) in [5.41, 5.74) is 1.18. The highest BCUT2D eigenvalue weighted by Gasteiger charge is 2.12. The first-order valence-electron chi connectivity index (χ1n) is 5.15. The van der Waals surface area contributed by atoms with E-state index in [1.54, 1.807) is 6.26 Å². The van der Waals surface area contributed by atoms with Gasteiger partial charge in [-0.15, -0.1) is 6.58 Å². The Morgan fingerprint density at radius 3 is 2.93 bits per heavy atom. The molecule has 2 heteroatoms. The summed E-state index contributed by atoms with van der Waals surface area (Å²) in [6, 6.07) is 4.22. The van der Waals surface area contributed by atoms with E-state index in [-0.39, 0.29) is 6.04 Å². The third kappa shape index (κ3) is 3.38. The topological polar surface area (TPSA) is 25.2 Å². The summed E-state index contributed by atoms with van der Waals surface area (Å²) in [6.07, 6.45) is 3.79. The van der Waals surface area contributed by atoms with Crippen LogP contribution in [0.2, 0.25) is 0 Å². The monoisotopic (exact) mass is 193 g/mol. The Morgan fingerprint density at radius 2 is 2.43 bits per heavy atom. The number of hydrogen-bond donors (Lipinski definition) is 1. The average Bonchev–Trinajstić information content (AvgIpc) is 2.64. The van der Waals surface area contributed by atoms with E-state index < -0.39 is 0 Å². The van der Waals surface area contributed by atoms with Crippen molar-refractivity contribution < 1.29 is 4.42 Å². The lowest BCUT2D eigenvalue weighted by atomic mass is 10.1. The lowest BCUT2D eigenvalue weighted by Crippen LogP contribution is -2.21. The van der Waals surface area contributed by atoms with Crippen LogP contribution >= 0.6 is 0 Å². The Morgan fingerprint density at radius 1 is 1.64 bits per heavy atom. The van der Waals surface area contributed by atoms with Crippen LogP contribution in [0.1, 0.15) is 38.5 Å². The highest BCUT2D eigenvalue weighted by molar-refractivity contribution is 5.08. The molecule has 0 aromatic carbocycles. The maximum atomic E-state index is 5.39. The van der Waals surface area contributed by atoms with E-state index in [4.69, 9.17) is 4.42 Å². The molecule has 1 N–H and O–H groups in total. The SMILES string of the molecule is C=C(C)CC(NCCC)c1ccco1. The molecule has 0 bridgehead atoms. The van der Waals surface area contributed by atoms with Gasteiger partial charge in [0, 0.05) is 0 Å². The minimum absolute atomic E-state index is 0.280. The molecule has 14 heavy (non-hydrogen) atoms. The van der Waals surface area contributed by atoms with Crippen molar-refractivity contribution in [2.45, 2.75) is 32.7 Å². The van der Waals surface area contributed by atoms with Crippen molar-refractivity contribution in [3.05, 3.63) is 36.3 Å². The predicted octanol–water partition coefficient (Wildman–Crippen LogP) is 3.29. The zero-order valence-electron chi connectivity index (χ0n) is 9.05. The van der Waals surface area contributed by atoms with E-state index >= 15 is 0 Å². The van der Waals surface area contributed by atoms with Gasteiger partial charge >= 0.3 is 0 Å². The van der Waals surface area contributed by atoms with Crippen molar-refractivity contribution in [2.75, 3.05) is 6.54 Å². The number of furan rings is 1. The van der Waals surface area contributed by atoms with E-state index in [2.05, 4.69) is 18.8 Å². The lowest BCUT2D eigenvalue weighted by Gasteiger charge is -2.15. The summed E-state index contributed by atoms with van der Waals surface area (Å²) >= 11 is 0. The zero-order valence-corrected chi connectivity index (χ0v) is 9.05. The van der Waals surface area contributed by atoms with E-state index in [0.29, 0.717) is 0 Å². The van der Waals surface area contributed by atoms with Crippen LogP contribution in [0, 0.1) is 0 Å². The van der Waals surface area contributed by atoms with E-state index in [9.17, 15) is 0 Å². The van der Waals surface area contributed by atoms with Crippen molar-refractivity contribution in [1.82, 2.24) is 5.32 Å². The van der Waals surface area contributed by atoms with Gasteiger partial charge in [0.1, 0.15) is 5.76 Å². The molecular weight excluding hydrogens is 174 g/mol. The lowest BCUT2D eigenvalue weighted by molar-refractivity contribution is 0.410. The first kappa shape index (κ1) is 11.1. The summed E-state index contributed by atoms with van der Waals surface area (Å²) in [6.45, 7) is 9.15. The summed E-state index contributed by atoms with van der Waals surface area (Å²) < 4.78 is 5.39. The molecule has 0 saturated carbocycles. The fourth-order valence-corrected chi connectivity index (χ4v) is 1.43.